The fraction of sp³-hybridized carbons (Fsp3) is 0.235. The van der Waals surface area contributed by atoms with E-state index in [1.54, 1.807) is 36.0 Å². The van der Waals surface area contributed by atoms with E-state index in [1.807, 2.05) is 37.4 Å². The highest BCUT2D eigenvalue weighted by Crippen LogP contribution is 2.17. The van der Waals surface area contributed by atoms with Crippen molar-refractivity contribution in [2.24, 2.45) is 0 Å². The molecule has 0 aliphatic rings. The summed E-state index contributed by atoms with van der Waals surface area (Å²) in [7, 11) is -3.59. The van der Waals surface area contributed by atoms with Crippen LogP contribution in [-0.4, -0.2) is 27.1 Å². The number of carbonyl (C=O) groups is 1. The maximum Gasteiger partial charge on any atom is 0.240 e. The summed E-state index contributed by atoms with van der Waals surface area (Å²) in [5.41, 5.74) is 1.68. The van der Waals surface area contributed by atoms with Crippen molar-refractivity contribution in [3.05, 3.63) is 54.1 Å². The third-order valence-electron chi connectivity index (χ3n) is 3.35. The van der Waals surface area contributed by atoms with Gasteiger partial charge in [0.2, 0.25) is 15.9 Å². The Morgan fingerprint density at radius 1 is 1.04 bits per heavy atom. The van der Waals surface area contributed by atoms with Gasteiger partial charge in [-0.15, -0.1) is 11.8 Å². The lowest BCUT2D eigenvalue weighted by atomic mass is 10.2. The molecule has 0 saturated heterocycles. The van der Waals surface area contributed by atoms with E-state index in [0.29, 0.717) is 5.69 Å². The Bertz CT molecular complexity index is 786. The molecule has 0 heterocycles. The van der Waals surface area contributed by atoms with Crippen molar-refractivity contribution in [3.8, 4) is 0 Å². The van der Waals surface area contributed by atoms with Crippen LogP contribution in [0.2, 0.25) is 0 Å². The minimum Gasteiger partial charge on any atom is -0.326 e. The molecule has 128 valence electrons. The molecule has 0 fully saturated rings. The molecule has 7 heteroatoms. The van der Waals surface area contributed by atoms with Crippen molar-refractivity contribution in [2.45, 2.75) is 23.1 Å². The average Bonchev–Trinajstić information content (AvgIpc) is 2.56. The lowest BCUT2D eigenvalue weighted by Crippen LogP contribution is -2.27. The largest absolute Gasteiger partial charge is 0.326 e. The molecular formula is C17H20N2O3S2. The van der Waals surface area contributed by atoms with E-state index < -0.39 is 10.0 Å². The van der Waals surface area contributed by atoms with E-state index in [1.165, 1.54) is 0 Å². The zero-order chi connectivity index (χ0) is 17.6. The molecule has 2 aromatic carbocycles. The van der Waals surface area contributed by atoms with Crippen LogP contribution in [0.1, 0.15) is 12.0 Å². The number of hydrogen-bond acceptors (Lipinski definition) is 4. The van der Waals surface area contributed by atoms with Crippen molar-refractivity contribution in [1.82, 2.24) is 4.72 Å². The number of rotatable bonds is 7. The summed E-state index contributed by atoms with van der Waals surface area (Å²) >= 11 is 1.62. The molecule has 2 rings (SSSR count). The van der Waals surface area contributed by atoms with Crippen LogP contribution in [0.25, 0.3) is 0 Å². The highest BCUT2D eigenvalue weighted by Gasteiger charge is 2.13. The smallest absolute Gasteiger partial charge is 0.240 e. The highest BCUT2D eigenvalue weighted by molar-refractivity contribution is 7.98. The number of sulfonamides is 1. The first kappa shape index (κ1) is 18.5. The van der Waals surface area contributed by atoms with Crippen LogP contribution in [-0.2, 0) is 14.8 Å². The molecular weight excluding hydrogens is 344 g/mol. The van der Waals surface area contributed by atoms with Gasteiger partial charge in [-0.3, -0.25) is 4.79 Å². The Kier molecular flexibility index (Phi) is 6.42. The van der Waals surface area contributed by atoms with Gasteiger partial charge in [0.1, 0.15) is 0 Å². The van der Waals surface area contributed by atoms with Crippen LogP contribution in [0.5, 0.6) is 0 Å². The van der Waals surface area contributed by atoms with E-state index in [-0.39, 0.29) is 23.8 Å². The van der Waals surface area contributed by atoms with E-state index in [4.69, 9.17) is 0 Å². The van der Waals surface area contributed by atoms with Gasteiger partial charge in [0.15, 0.2) is 0 Å². The summed E-state index contributed by atoms with van der Waals surface area (Å²) in [6, 6.07) is 14.0. The molecule has 2 aromatic rings. The van der Waals surface area contributed by atoms with E-state index >= 15 is 0 Å². The van der Waals surface area contributed by atoms with Gasteiger partial charge in [0.05, 0.1) is 4.90 Å². The second kappa shape index (κ2) is 8.32. The number of thioether (sulfide) groups is 1. The first-order valence-electron chi connectivity index (χ1n) is 7.41. The fourth-order valence-corrected chi connectivity index (χ4v) is 3.44. The predicted molar refractivity (Wildman–Crippen MR) is 97.8 cm³/mol. The van der Waals surface area contributed by atoms with E-state index in [9.17, 15) is 13.2 Å². The first-order valence-corrected chi connectivity index (χ1v) is 10.1. The Labute approximate surface area is 146 Å². The topological polar surface area (TPSA) is 75.3 Å². The summed E-state index contributed by atoms with van der Waals surface area (Å²) in [5, 5.41) is 2.74. The predicted octanol–water partition coefficient (Wildman–Crippen LogP) is 3.02. The molecule has 24 heavy (non-hydrogen) atoms. The van der Waals surface area contributed by atoms with Crippen LogP contribution in [0.15, 0.2) is 58.3 Å². The Morgan fingerprint density at radius 2 is 1.67 bits per heavy atom. The fourth-order valence-electron chi connectivity index (χ4n) is 2.00. The minimum absolute atomic E-state index is 0.0466. The molecule has 0 saturated carbocycles. The Morgan fingerprint density at radius 3 is 2.25 bits per heavy atom. The summed E-state index contributed by atoms with van der Waals surface area (Å²) in [4.78, 5) is 13.2. The SMILES string of the molecule is CSc1ccc(NC(=O)CCNS(=O)(=O)c2ccc(C)cc2)cc1. The number of nitrogens with one attached hydrogen (secondary N) is 2. The number of benzene rings is 2. The van der Waals surface area contributed by atoms with Crippen molar-refractivity contribution in [1.29, 1.82) is 0 Å². The van der Waals surface area contributed by atoms with Crippen molar-refractivity contribution >= 4 is 33.4 Å². The lowest BCUT2D eigenvalue weighted by Gasteiger charge is -2.08. The minimum atomic E-state index is -3.59. The highest BCUT2D eigenvalue weighted by atomic mass is 32.2. The number of aryl methyl sites for hydroxylation is 1. The maximum atomic E-state index is 12.1. The third kappa shape index (κ3) is 5.36. The molecule has 2 N–H and O–H groups in total. The van der Waals surface area contributed by atoms with Crippen molar-refractivity contribution in [2.75, 3.05) is 18.1 Å². The lowest BCUT2D eigenvalue weighted by molar-refractivity contribution is -0.116. The third-order valence-corrected chi connectivity index (χ3v) is 5.57. The first-order chi connectivity index (χ1) is 11.4. The zero-order valence-corrected chi connectivity index (χ0v) is 15.2. The van der Waals surface area contributed by atoms with Crippen LogP contribution < -0.4 is 10.0 Å². The Hall–Kier alpha value is -1.83. The van der Waals surface area contributed by atoms with Gasteiger partial charge < -0.3 is 5.32 Å². The molecule has 0 aliphatic carbocycles. The molecule has 0 aliphatic heterocycles. The summed E-state index contributed by atoms with van der Waals surface area (Å²) in [6.07, 6.45) is 2.04. The van der Waals surface area contributed by atoms with Gasteiger partial charge >= 0.3 is 0 Å². The molecule has 0 bridgehead atoms. The number of anilines is 1. The zero-order valence-electron chi connectivity index (χ0n) is 13.6. The molecule has 0 unspecified atom stereocenters. The standard InChI is InChI=1S/C17H20N2O3S2/c1-13-3-9-16(10-4-13)24(21,22)18-12-11-17(20)19-14-5-7-15(23-2)8-6-14/h3-10,18H,11-12H2,1-2H3,(H,19,20). The summed E-state index contributed by atoms with van der Waals surface area (Å²) in [5.74, 6) is -0.237. The van der Waals surface area contributed by atoms with E-state index in [2.05, 4.69) is 10.0 Å². The molecule has 0 aromatic heterocycles. The molecule has 1 amide bonds. The number of amides is 1. The van der Waals surface area contributed by atoms with Crippen molar-refractivity contribution < 1.29 is 13.2 Å². The summed E-state index contributed by atoms with van der Waals surface area (Å²) in [6.45, 7) is 1.94. The van der Waals surface area contributed by atoms with Gasteiger partial charge in [0.25, 0.3) is 0 Å². The molecule has 0 spiro atoms. The number of hydrogen-bond donors (Lipinski definition) is 2. The van der Waals surface area contributed by atoms with Crippen LogP contribution >= 0.6 is 11.8 Å². The van der Waals surface area contributed by atoms with Gasteiger partial charge in [-0.25, -0.2) is 13.1 Å². The van der Waals surface area contributed by atoms with Crippen LogP contribution in [0.4, 0.5) is 5.69 Å². The summed E-state index contributed by atoms with van der Waals surface area (Å²) < 4.78 is 26.7. The van der Waals surface area contributed by atoms with Crippen LogP contribution in [0, 0.1) is 6.92 Å². The van der Waals surface area contributed by atoms with Crippen LogP contribution in [0.3, 0.4) is 0 Å². The molecule has 5 nitrogen and oxygen atoms in total. The van der Waals surface area contributed by atoms with Crippen molar-refractivity contribution in [3.63, 3.8) is 0 Å². The normalized spacial score (nSPS) is 11.2. The maximum absolute atomic E-state index is 12.1. The monoisotopic (exact) mass is 364 g/mol. The molecule has 0 radical (unpaired) electrons. The number of carbonyl (C=O) groups excluding carboxylic acids is 1. The van der Waals surface area contributed by atoms with Gasteiger partial charge in [-0.2, -0.15) is 0 Å². The quantitative estimate of drug-likeness (QED) is 0.741. The van der Waals surface area contributed by atoms with Gasteiger partial charge in [0, 0.05) is 23.5 Å². The second-order valence-electron chi connectivity index (χ2n) is 5.24. The van der Waals surface area contributed by atoms with E-state index in [0.717, 1.165) is 10.5 Å². The average molecular weight is 364 g/mol. The molecule has 0 atom stereocenters. The second-order valence-corrected chi connectivity index (χ2v) is 7.88. The van der Waals surface area contributed by atoms with Gasteiger partial charge in [-0.1, -0.05) is 17.7 Å². The van der Waals surface area contributed by atoms with Gasteiger partial charge in [-0.05, 0) is 49.6 Å². The Balaban J connectivity index is 1.84.